The second-order valence-electron chi connectivity index (χ2n) is 4.97. The maximum atomic E-state index is 11.8. The van der Waals surface area contributed by atoms with Gasteiger partial charge in [0.15, 0.2) is 0 Å². The zero-order chi connectivity index (χ0) is 16.0. The van der Waals surface area contributed by atoms with Crippen molar-refractivity contribution in [3.8, 4) is 5.75 Å². The van der Waals surface area contributed by atoms with Crippen LogP contribution in [0.25, 0.3) is 0 Å². The lowest BCUT2D eigenvalue weighted by Crippen LogP contribution is -2.43. The second-order valence-corrected chi connectivity index (χ2v) is 5.38. The zero-order valence-electron chi connectivity index (χ0n) is 12.1. The van der Waals surface area contributed by atoms with Gasteiger partial charge in [-0.25, -0.2) is 9.59 Å². The van der Waals surface area contributed by atoms with Gasteiger partial charge in [-0.3, -0.25) is 0 Å². The molecule has 0 saturated carbocycles. The molecule has 0 saturated heterocycles. The Morgan fingerprint density at radius 2 is 2.05 bits per heavy atom. The predicted molar refractivity (Wildman–Crippen MR) is 81.0 cm³/mol. The van der Waals surface area contributed by atoms with Gasteiger partial charge in [0.25, 0.3) is 0 Å². The molecule has 0 unspecified atom stereocenters. The monoisotopic (exact) mass is 314 g/mol. The first-order valence-electron chi connectivity index (χ1n) is 6.47. The van der Waals surface area contributed by atoms with Crippen molar-refractivity contribution in [3.63, 3.8) is 0 Å². The smallest absolute Gasteiger partial charge is 0.326 e. The summed E-state index contributed by atoms with van der Waals surface area (Å²) in [6, 6.07) is 3.22. The summed E-state index contributed by atoms with van der Waals surface area (Å²) >= 11 is 5.89. The van der Waals surface area contributed by atoms with Crippen molar-refractivity contribution >= 4 is 29.3 Å². The topological polar surface area (TPSA) is 87.7 Å². The van der Waals surface area contributed by atoms with Gasteiger partial charge in [-0.15, -0.1) is 0 Å². The van der Waals surface area contributed by atoms with Crippen molar-refractivity contribution in [2.45, 2.75) is 26.3 Å². The Morgan fingerprint density at radius 3 is 2.57 bits per heavy atom. The third-order valence-electron chi connectivity index (χ3n) is 2.72. The largest absolute Gasteiger partial charge is 0.495 e. The Kier molecular flexibility index (Phi) is 6.30. The molecule has 0 spiro atoms. The molecule has 0 aromatic heterocycles. The molecule has 0 aliphatic rings. The van der Waals surface area contributed by atoms with E-state index in [0.717, 1.165) is 0 Å². The molecule has 1 aromatic carbocycles. The summed E-state index contributed by atoms with van der Waals surface area (Å²) in [7, 11) is 1.47. The van der Waals surface area contributed by atoms with Gasteiger partial charge in [-0.2, -0.15) is 0 Å². The highest BCUT2D eigenvalue weighted by molar-refractivity contribution is 6.32. The van der Waals surface area contributed by atoms with E-state index in [1.54, 1.807) is 18.2 Å². The zero-order valence-corrected chi connectivity index (χ0v) is 12.9. The van der Waals surface area contributed by atoms with Crippen molar-refractivity contribution in [3.05, 3.63) is 23.2 Å². The standard InChI is InChI=1S/C14H19ClN2O4/c1-8(2)6-11(13(18)19)17-14(20)16-9-4-5-10(15)12(7-9)21-3/h4-5,7-8,11H,6H2,1-3H3,(H,18,19)(H2,16,17,20)/t11-/m1/s1. The predicted octanol–water partition coefficient (Wildman–Crippen LogP) is 2.97. The third-order valence-corrected chi connectivity index (χ3v) is 3.03. The average Bonchev–Trinajstić information content (AvgIpc) is 2.39. The van der Waals surface area contributed by atoms with E-state index in [-0.39, 0.29) is 5.92 Å². The average molecular weight is 315 g/mol. The number of hydrogen-bond acceptors (Lipinski definition) is 3. The van der Waals surface area contributed by atoms with Crippen molar-refractivity contribution in [1.82, 2.24) is 5.32 Å². The molecule has 1 rings (SSSR count). The highest BCUT2D eigenvalue weighted by Gasteiger charge is 2.21. The molecule has 6 nitrogen and oxygen atoms in total. The molecule has 3 N–H and O–H groups in total. The first-order chi connectivity index (χ1) is 9.83. The summed E-state index contributed by atoms with van der Waals surface area (Å²) < 4.78 is 5.04. The minimum atomic E-state index is -1.06. The molecule has 0 heterocycles. The van der Waals surface area contributed by atoms with Crippen LogP contribution < -0.4 is 15.4 Å². The Balaban J connectivity index is 2.69. The van der Waals surface area contributed by atoms with E-state index in [2.05, 4.69) is 10.6 Å². The molecule has 0 aliphatic heterocycles. The first kappa shape index (κ1) is 17.1. The van der Waals surface area contributed by atoms with Crippen LogP contribution in [0.1, 0.15) is 20.3 Å². The number of carboxylic acids is 1. The number of carboxylic acid groups (broad SMARTS) is 1. The van der Waals surface area contributed by atoms with Crippen LogP contribution in [0.4, 0.5) is 10.5 Å². The quantitative estimate of drug-likeness (QED) is 0.753. The lowest BCUT2D eigenvalue weighted by molar-refractivity contribution is -0.139. The maximum absolute atomic E-state index is 11.8. The number of anilines is 1. The van der Waals surface area contributed by atoms with Crippen LogP contribution in [0.3, 0.4) is 0 Å². The van der Waals surface area contributed by atoms with Crippen molar-refractivity contribution in [2.24, 2.45) is 5.92 Å². The van der Waals surface area contributed by atoms with Gasteiger partial charge in [0.2, 0.25) is 0 Å². The fourth-order valence-corrected chi connectivity index (χ4v) is 1.95. The van der Waals surface area contributed by atoms with E-state index in [9.17, 15) is 9.59 Å². The van der Waals surface area contributed by atoms with Crippen molar-refractivity contribution in [2.75, 3.05) is 12.4 Å². The van der Waals surface area contributed by atoms with Crippen LogP contribution in [-0.4, -0.2) is 30.3 Å². The SMILES string of the molecule is COc1cc(NC(=O)N[C@H](CC(C)C)C(=O)O)ccc1Cl. The molecule has 21 heavy (non-hydrogen) atoms. The van der Waals surface area contributed by atoms with E-state index in [4.69, 9.17) is 21.4 Å². The fourth-order valence-electron chi connectivity index (χ4n) is 1.76. The number of carbonyl (C=O) groups excluding carboxylic acids is 1. The molecule has 0 bridgehead atoms. The number of urea groups is 1. The van der Waals surface area contributed by atoms with Crippen LogP contribution in [0.15, 0.2) is 18.2 Å². The molecule has 0 fully saturated rings. The minimum Gasteiger partial charge on any atom is -0.495 e. The van der Waals surface area contributed by atoms with Gasteiger partial charge in [-0.1, -0.05) is 25.4 Å². The normalized spacial score (nSPS) is 11.9. The van der Waals surface area contributed by atoms with Crippen LogP contribution >= 0.6 is 11.6 Å². The van der Waals surface area contributed by atoms with Crippen LogP contribution in [-0.2, 0) is 4.79 Å². The number of rotatable bonds is 6. The third kappa shape index (κ3) is 5.51. The van der Waals surface area contributed by atoms with Crippen LogP contribution in [0, 0.1) is 5.92 Å². The Morgan fingerprint density at radius 1 is 1.38 bits per heavy atom. The highest BCUT2D eigenvalue weighted by atomic mass is 35.5. The number of methoxy groups -OCH3 is 1. The highest BCUT2D eigenvalue weighted by Crippen LogP contribution is 2.27. The number of carbonyl (C=O) groups is 2. The maximum Gasteiger partial charge on any atom is 0.326 e. The number of ether oxygens (including phenoxy) is 1. The summed E-state index contributed by atoms with van der Waals surface area (Å²) in [6.45, 7) is 3.78. The molecule has 1 atom stereocenters. The van der Waals surface area contributed by atoms with Crippen LogP contribution in [0.5, 0.6) is 5.75 Å². The number of nitrogens with one attached hydrogen (secondary N) is 2. The molecule has 1 aromatic rings. The summed E-state index contributed by atoms with van der Waals surface area (Å²) in [4.78, 5) is 22.9. The number of halogens is 1. The van der Waals surface area contributed by atoms with E-state index in [1.807, 2.05) is 13.8 Å². The first-order valence-corrected chi connectivity index (χ1v) is 6.85. The number of aliphatic carboxylic acids is 1. The molecular weight excluding hydrogens is 296 g/mol. The van der Waals surface area contributed by atoms with Crippen LogP contribution in [0.2, 0.25) is 5.02 Å². The van der Waals surface area contributed by atoms with Gasteiger partial charge < -0.3 is 20.5 Å². The van der Waals surface area contributed by atoms with Gasteiger partial charge in [0.05, 0.1) is 12.1 Å². The van der Waals surface area contributed by atoms with Crippen molar-refractivity contribution in [1.29, 1.82) is 0 Å². The van der Waals surface area contributed by atoms with Crippen molar-refractivity contribution < 1.29 is 19.4 Å². The minimum absolute atomic E-state index is 0.155. The number of hydrogen-bond donors (Lipinski definition) is 3. The molecule has 116 valence electrons. The molecule has 7 heteroatoms. The molecule has 2 amide bonds. The van der Waals surface area contributed by atoms with Gasteiger partial charge in [0, 0.05) is 11.8 Å². The Hall–Kier alpha value is -1.95. The second kappa shape index (κ2) is 7.73. The Labute approximate surface area is 128 Å². The van der Waals surface area contributed by atoms with Gasteiger partial charge in [0.1, 0.15) is 11.8 Å². The number of amides is 2. The van der Waals surface area contributed by atoms with Gasteiger partial charge >= 0.3 is 12.0 Å². The van der Waals surface area contributed by atoms with Gasteiger partial charge in [-0.05, 0) is 24.5 Å². The summed E-state index contributed by atoms with van der Waals surface area (Å²) in [5.41, 5.74) is 0.461. The summed E-state index contributed by atoms with van der Waals surface area (Å²) in [5.74, 6) is -0.485. The summed E-state index contributed by atoms with van der Waals surface area (Å²) in [5, 5.41) is 14.5. The lowest BCUT2D eigenvalue weighted by Gasteiger charge is -2.17. The van der Waals surface area contributed by atoms with E-state index < -0.39 is 18.0 Å². The van der Waals surface area contributed by atoms with E-state index in [1.165, 1.54) is 7.11 Å². The van der Waals surface area contributed by atoms with E-state index >= 15 is 0 Å². The lowest BCUT2D eigenvalue weighted by atomic mass is 10.0. The fraction of sp³-hybridized carbons (Fsp3) is 0.429. The number of benzene rings is 1. The molecule has 0 radical (unpaired) electrons. The molecule has 0 aliphatic carbocycles. The molecular formula is C14H19ClN2O4. The summed E-state index contributed by atoms with van der Waals surface area (Å²) in [6.07, 6.45) is 0.354. The Bertz CT molecular complexity index is 520. The van der Waals surface area contributed by atoms with E-state index in [0.29, 0.717) is 22.9 Å².